The summed E-state index contributed by atoms with van der Waals surface area (Å²) in [5, 5.41) is 10.5. The number of aliphatic hydroxyl groups is 1. The lowest BCUT2D eigenvalue weighted by atomic mass is 9.93. The first-order chi connectivity index (χ1) is 8.50. The van der Waals surface area contributed by atoms with E-state index in [0.29, 0.717) is 0 Å². The minimum absolute atomic E-state index is 0.617. The Labute approximate surface area is 108 Å². The summed E-state index contributed by atoms with van der Waals surface area (Å²) in [5.74, 6) is 0. The van der Waals surface area contributed by atoms with Gasteiger partial charge < -0.3 is 10.8 Å². The highest BCUT2D eigenvalue weighted by molar-refractivity contribution is 5.52. The Bertz CT molecular complexity index is 575. The second kappa shape index (κ2) is 4.83. The second-order valence-electron chi connectivity index (χ2n) is 4.82. The average Bonchev–Trinajstić information content (AvgIpc) is 2.32. The number of anilines is 1. The summed E-state index contributed by atoms with van der Waals surface area (Å²) >= 11 is 0. The van der Waals surface area contributed by atoms with E-state index in [1.54, 1.807) is 0 Å². The normalized spacial score (nSPS) is 12.4. The third-order valence-electron chi connectivity index (χ3n) is 3.43. The Kier molecular flexibility index (Phi) is 3.39. The fourth-order valence-electron chi connectivity index (χ4n) is 2.27. The highest BCUT2D eigenvalue weighted by Gasteiger charge is 2.15. The standard InChI is InChI=1S/C16H19NO/c1-10-7-8-13(11(2)9-10)16(18)14-5-4-6-15(17)12(14)3/h4-9,16,18H,17H2,1-3H3/t16-/m1/s1. The molecule has 0 saturated heterocycles. The minimum atomic E-state index is -0.617. The highest BCUT2D eigenvalue weighted by atomic mass is 16.3. The van der Waals surface area contributed by atoms with Crippen LogP contribution in [0.4, 0.5) is 5.69 Å². The third-order valence-corrected chi connectivity index (χ3v) is 3.43. The molecule has 18 heavy (non-hydrogen) atoms. The van der Waals surface area contributed by atoms with Gasteiger partial charge in [0.15, 0.2) is 0 Å². The van der Waals surface area contributed by atoms with E-state index in [2.05, 4.69) is 13.0 Å². The predicted octanol–water partition coefficient (Wildman–Crippen LogP) is 3.28. The zero-order valence-corrected chi connectivity index (χ0v) is 11.1. The molecule has 0 saturated carbocycles. The Morgan fingerprint density at radius 2 is 1.72 bits per heavy atom. The molecule has 0 aliphatic heterocycles. The lowest BCUT2D eigenvalue weighted by molar-refractivity contribution is 0.219. The van der Waals surface area contributed by atoms with Gasteiger partial charge in [0.05, 0.1) is 0 Å². The number of nitrogen functional groups attached to an aromatic ring is 1. The molecule has 0 amide bonds. The van der Waals surface area contributed by atoms with Gasteiger partial charge in [-0.3, -0.25) is 0 Å². The van der Waals surface area contributed by atoms with Crippen LogP contribution in [-0.2, 0) is 0 Å². The van der Waals surface area contributed by atoms with Crippen LogP contribution in [0.3, 0.4) is 0 Å². The number of nitrogens with two attached hydrogens (primary N) is 1. The zero-order chi connectivity index (χ0) is 13.3. The van der Waals surface area contributed by atoms with Crippen molar-refractivity contribution in [3.05, 3.63) is 64.2 Å². The van der Waals surface area contributed by atoms with Crippen molar-refractivity contribution in [3.8, 4) is 0 Å². The van der Waals surface area contributed by atoms with E-state index >= 15 is 0 Å². The quantitative estimate of drug-likeness (QED) is 0.793. The minimum Gasteiger partial charge on any atom is -0.399 e. The maximum absolute atomic E-state index is 10.5. The van der Waals surface area contributed by atoms with E-state index in [9.17, 15) is 5.11 Å². The van der Waals surface area contributed by atoms with Crippen LogP contribution in [0.1, 0.15) is 33.9 Å². The predicted molar refractivity (Wildman–Crippen MR) is 75.6 cm³/mol. The van der Waals surface area contributed by atoms with Gasteiger partial charge in [0.2, 0.25) is 0 Å². The molecule has 2 aromatic rings. The monoisotopic (exact) mass is 241 g/mol. The molecule has 0 unspecified atom stereocenters. The first-order valence-corrected chi connectivity index (χ1v) is 6.11. The lowest BCUT2D eigenvalue weighted by Crippen LogP contribution is -2.05. The summed E-state index contributed by atoms with van der Waals surface area (Å²) in [6.07, 6.45) is -0.617. The van der Waals surface area contributed by atoms with Crippen molar-refractivity contribution in [3.63, 3.8) is 0 Å². The molecule has 0 spiro atoms. The molecule has 0 aromatic heterocycles. The zero-order valence-electron chi connectivity index (χ0n) is 11.1. The maximum atomic E-state index is 10.5. The van der Waals surface area contributed by atoms with Crippen LogP contribution in [0.15, 0.2) is 36.4 Å². The summed E-state index contributed by atoms with van der Waals surface area (Å²) in [4.78, 5) is 0. The van der Waals surface area contributed by atoms with E-state index < -0.39 is 6.10 Å². The highest BCUT2D eigenvalue weighted by Crippen LogP contribution is 2.29. The van der Waals surface area contributed by atoms with Crippen molar-refractivity contribution in [2.75, 3.05) is 5.73 Å². The van der Waals surface area contributed by atoms with Crippen molar-refractivity contribution in [2.45, 2.75) is 26.9 Å². The summed E-state index contributed by atoms with van der Waals surface area (Å²) in [5.41, 5.74) is 11.7. The Morgan fingerprint density at radius 1 is 1.00 bits per heavy atom. The van der Waals surface area contributed by atoms with Crippen LogP contribution in [0.5, 0.6) is 0 Å². The number of benzene rings is 2. The van der Waals surface area contributed by atoms with Crippen LogP contribution in [0.25, 0.3) is 0 Å². The van der Waals surface area contributed by atoms with E-state index in [1.165, 1.54) is 5.56 Å². The van der Waals surface area contributed by atoms with Gasteiger partial charge in [-0.2, -0.15) is 0 Å². The molecule has 0 aliphatic rings. The number of aryl methyl sites for hydroxylation is 2. The number of aliphatic hydroxyl groups excluding tert-OH is 1. The molecule has 1 atom stereocenters. The average molecular weight is 241 g/mol. The van der Waals surface area contributed by atoms with E-state index in [-0.39, 0.29) is 0 Å². The van der Waals surface area contributed by atoms with Gasteiger partial charge in [0.25, 0.3) is 0 Å². The van der Waals surface area contributed by atoms with Gasteiger partial charge in [0.1, 0.15) is 6.10 Å². The lowest BCUT2D eigenvalue weighted by Gasteiger charge is -2.17. The van der Waals surface area contributed by atoms with Gasteiger partial charge in [-0.25, -0.2) is 0 Å². The summed E-state index contributed by atoms with van der Waals surface area (Å²) in [6.45, 7) is 6.01. The largest absolute Gasteiger partial charge is 0.399 e. The Morgan fingerprint density at radius 3 is 2.39 bits per heavy atom. The van der Waals surface area contributed by atoms with Crippen LogP contribution in [-0.4, -0.2) is 5.11 Å². The van der Waals surface area contributed by atoms with Crippen molar-refractivity contribution in [2.24, 2.45) is 0 Å². The van der Waals surface area contributed by atoms with Crippen molar-refractivity contribution < 1.29 is 5.11 Å². The summed E-state index contributed by atoms with van der Waals surface area (Å²) in [6, 6.07) is 11.7. The smallest absolute Gasteiger partial charge is 0.105 e. The van der Waals surface area contributed by atoms with E-state index in [1.807, 2.05) is 44.2 Å². The maximum Gasteiger partial charge on any atom is 0.105 e. The van der Waals surface area contributed by atoms with Gasteiger partial charge >= 0.3 is 0 Å². The van der Waals surface area contributed by atoms with Crippen LogP contribution >= 0.6 is 0 Å². The van der Waals surface area contributed by atoms with Crippen molar-refractivity contribution in [1.82, 2.24) is 0 Å². The molecule has 2 aromatic carbocycles. The molecular weight excluding hydrogens is 222 g/mol. The molecule has 0 aliphatic carbocycles. The fraction of sp³-hybridized carbons (Fsp3) is 0.250. The first-order valence-electron chi connectivity index (χ1n) is 6.11. The molecule has 0 fully saturated rings. The number of hydrogen-bond acceptors (Lipinski definition) is 2. The van der Waals surface area contributed by atoms with Crippen LogP contribution < -0.4 is 5.73 Å². The summed E-state index contributed by atoms with van der Waals surface area (Å²) < 4.78 is 0. The molecule has 3 N–H and O–H groups in total. The van der Waals surface area contributed by atoms with Crippen molar-refractivity contribution >= 4 is 5.69 Å². The SMILES string of the molecule is Cc1ccc([C@@H](O)c2cccc(N)c2C)c(C)c1. The molecule has 0 heterocycles. The molecule has 0 radical (unpaired) electrons. The second-order valence-corrected chi connectivity index (χ2v) is 4.82. The van der Waals surface area contributed by atoms with Gasteiger partial charge in [0, 0.05) is 5.69 Å². The Hall–Kier alpha value is -1.80. The van der Waals surface area contributed by atoms with Gasteiger partial charge in [-0.15, -0.1) is 0 Å². The molecule has 2 heteroatoms. The summed E-state index contributed by atoms with van der Waals surface area (Å²) in [7, 11) is 0. The molecular formula is C16H19NO. The molecule has 2 rings (SSSR count). The van der Waals surface area contributed by atoms with E-state index in [0.717, 1.165) is 27.9 Å². The molecule has 0 bridgehead atoms. The molecule has 2 nitrogen and oxygen atoms in total. The first kappa shape index (κ1) is 12.7. The fourth-order valence-corrected chi connectivity index (χ4v) is 2.27. The van der Waals surface area contributed by atoms with Crippen LogP contribution in [0, 0.1) is 20.8 Å². The topological polar surface area (TPSA) is 46.2 Å². The Balaban J connectivity index is 2.48. The third kappa shape index (κ3) is 2.24. The van der Waals surface area contributed by atoms with Gasteiger partial charge in [-0.1, -0.05) is 35.9 Å². The number of rotatable bonds is 2. The van der Waals surface area contributed by atoms with Gasteiger partial charge in [-0.05, 0) is 49.1 Å². The molecule has 94 valence electrons. The van der Waals surface area contributed by atoms with Crippen molar-refractivity contribution in [1.29, 1.82) is 0 Å². The van der Waals surface area contributed by atoms with E-state index in [4.69, 9.17) is 5.73 Å². The number of hydrogen-bond donors (Lipinski definition) is 2. The van der Waals surface area contributed by atoms with Crippen LogP contribution in [0.2, 0.25) is 0 Å².